The Labute approximate surface area is 258 Å². The molecule has 0 radical (unpaired) electrons. The lowest BCUT2D eigenvalue weighted by molar-refractivity contribution is -0.332. The van der Waals surface area contributed by atoms with E-state index in [0.717, 1.165) is 25.7 Å². The Morgan fingerprint density at radius 2 is 1.60 bits per heavy atom. The average molecular weight is 609 g/mol. The minimum absolute atomic E-state index is 0.0227. The van der Waals surface area contributed by atoms with Gasteiger partial charge in [-0.05, 0) is 117 Å². The SMILES string of the molecule is CC(C)=CCC[C@](C)(O)[C@H]1CC[C@]2(C)[C@@H]1[C@H](O)C[C@@H]1[C@@]3(C)CC[C@H](O)C(C)(C)[C@@H]3[C@@H](O[C@@H]3OC[C@@H](O)[C@H](O)[C@H]3O)C[C@]12C. The average Bonchev–Trinajstić information content (AvgIpc) is 3.29. The third kappa shape index (κ3) is 5.18. The van der Waals surface area contributed by atoms with E-state index in [2.05, 4.69) is 54.5 Å². The van der Waals surface area contributed by atoms with Gasteiger partial charge in [-0.25, -0.2) is 0 Å². The van der Waals surface area contributed by atoms with Gasteiger partial charge in [0.25, 0.3) is 0 Å². The molecular weight excluding hydrogens is 548 g/mol. The first-order valence-corrected chi connectivity index (χ1v) is 16.8. The van der Waals surface area contributed by atoms with E-state index < -0.39 is 47.8 Å². The van der Waals surface area contributed by atoms with Crippen molar-refractivity contribution in [1.82, 2.24) is 0 Å². The van der Waals surface area contributed by atoms with E-state index in [1.54, 1.807) is 0 Å². The zero-order valence-corrected chi connectivity index (χ0v) is 27.8. The van der Waals surface area contributed by atoms with Crippen LogP contribution >= 0.6 is 0 Å². The lowest BCUT2D eigenvalue weighted by atomic mass is 9.34. The Hall–Kier alpha value is -0.580. The summed E-state index contributed by atoms with van der Waals surface area (Å²) in [6.45, 7) is 17.2. The molecule has 1 aliphatic heterocycles. The van der Waals surface area contributed by atoms with Gasteiger partial charge in [0.05, 0.1) is 30.5 Å². The molecule has 5 fully saturated rings. The number of fused-ring (bicyclic) bond motifs is 5. The van der Waals surface area contributed by atoms with E-state index in [1.165, 1.54) is 5.57 Å². The number of ether oxygens (including phenoxy) is 2. The van der Waals surface area contributed by atoms with Crippen molar-refractivity contribution in [2.45, 2.75) is 155 Å². The normalized spacial score (nSPS) is 52.4. The summed E-state index contributed by atoms with van der Waals surface area (Å²) in [6, 6.07) is 0. The van der Waals surface area contributed by atoms with Gasteiger partial charge in [-0.2, -0.15) is 0 Å². The molecule has 0 amide bonds. The van der Waals surface area contributed by atoms with Crippen molar-refractivity contribution in [1.29, 1.82) is 0 Å². The fourth-order valence-corrected chi connectivity index (χ4v) is 11.6. The van der Waals surface area contributed by atoms with Crippen molar-refractivity contribution >= 4 is 0 Å². The van der Waals surface area contributed by atoms with Crippen LogP contribution in [0.2, 0.25) is 0 Å². The highest BCUT2D eigenvalue weighted by Gasteiger charge is 2.73. The molecule has 0 aromatic heterocycles. The summed E-state index contributed by atoms with van der Waals surface area (Å²) in [6.07, 6.45) is 1.72. The largest absolute Gasteiger partial charge is 0.393 e. The molecule has 15 atom stereocenters. The number of hydrogen-bond acceptors (Lipinski definition) is 8. The molecule has 0 aromatic carbocycles. The molecule has 1 heterocycles. The van der Waals surface area contributed by atoms with Crippen molar-refractivity contribution < 1.29 is 40.1 Å². The number of hydrogen-bond donors (Lipinski definition) is 6. The minimum atomic E-state index is -1.39. The molecule has 0 aromatic rings. The predicted octanol–water partition coefficient (Wildman–Crippen LogP) is 3.93. The predicted molar refractivity (Wildman–Crippen MR) is 164 cm³/mol. The maximum Gasteiger partial charge on any atom is 0.186 e. The number of allylic oxidation sites excluding steroid dienone is 2. The van der Waals surface area contributed by atoms with Crippen LogP contribution in [0.3, 0.4) is 0 Å². The molecular formula is C35H60O8. The Morgan fingerprint density at radius 3 is 2.26 bits per heavy atom. The van der Waals surface area contributed by atoms with E-state index in [-0.39, 0.29) is 52.6 Å². The van der Waals surface area contributed by atoms with Crippen LogP contribution in [-0.2, 0) is 9.47 Å². The van der Waals surface area contributed by atoms with Gasteiger partial charge < -0.3 is 40.1 Å². The molecule has 8 nitrogen and oxygen atoms in total. The zero-order chi connectivity index (χ0) is 31.9. The molecule has 5 rings (SSSR count). The summed E-state index contributed by atoms with van der Waals surface area (Å²) in [5.41, 5.74) is -0.940. The van der Waals surface area contributed by atoms with Gasteiger partial charge in [-0.3, -0.25) is 0 Å². The standard InChI is InChI=1S/C35H60O8/c1-19(2)10-9-13-35(8,41)20-11-15-33(6)26(20)21(36)16-24-32(5)14-12-25(38)31(3,4)29(32)23(17-34(24,33)7)43-30-28(40)27(39)22(37)18-42-30/h10,20-30,36-41H,9,11-18H2,1-8H3/t20-,21+,22+,23-,24+,25-,26-,27-,28+,29-,30-,32+,33+,34+,35-/m0/s1. The van der Waals surface area contributed by atoms with Crippen LogP contribution in [0.1, 0.15) is 107 Å². The van der Waals surface area contributed by atoms with Crippen molar-refractivity contribution in [3.8, 4) is 0 Å². The fraction of sp³-hybridized carbons (Fsp3) is 0.943. The first-order valence-electron chi connectivity index (χ1n) is 16.8. The number of aliphatic hydroxyl groups is 6. The molecule has 43 heavy (non-hydrogen) atoms. The second kappa shape index (κ2) is 11.3. The lowest BCUT2D eigenvalue weighted by Crippen LogP contribution is -2.70. The highest BCUT2D eigenvalue weighted by atomic mass is 16.7. The molecule has 8 heteroatoms. The maximum absolute atomic E-state index is 12.0. The third-order valence-electron chi connectivity index (χ3n) is 14.0. The van der Waals surface area contributed by atoms with Crippen molar-refractivity contribution in [2.24, 2.45) is 45.3 Å². The van der Waals surface area contributed by atoms with E-state index in [9.17, 15) is 30.6 Å². The van der Waals surface area contributed by atoms with Crippen LogP contribution in [-0.4, -0.2) is 85.8 Å². The molecule has 0 unspecified atom stereocenters. The maximum atomic E-state index is 12.0. The fourth-order valence-electron chi connectivity index (χ4n) is 11.6. The summed E-state index contributed by atoms with van der Waals surface area (Å²) in [5.74, 6) is 0.00243. The second-order valence-electron chi connectivity index (χ2n) is 17.0. The van der Waals surface area contributed by atoms with Crippen LogP contribution in [0.5, 0.6) is 0 Å². The minimum Gasteiger partial charge on any atom is -0.393 e. The molecule has 0 bridgehead atoms. The van der Waals surface area contributed by atoms with Crippen molar-refractivity contribution in [2.75, 3.05) is 6.61 Å². The molecule has 5 aliphatic rings. The van der Waals surface area contributed by atoms with Gasteiger partial charge in [0, 0.05) is 0 Å². The van der Waals surface area contributed by atoms with Gasteiger partial charge in [-0.15, -0.1) is 0 Å². The van der Waals surface area contributed by atoms with Crippen LogP contribution in [0.25, 0.3) is 0 Å². The van der Waals surface area contributed by atoms with Crippen molar-refractivity contribution in [3.63, 3.8) is 0 Å². The molecule has 4 saturated carbocycles. The van der Waals surface area contributed by atoms with Gasteiger partial charge in [0.15, 0.2) is 6.29 Å². The quantitative estimate of drug-likeness (QED) is 0.197. The van der Waals surface area contributed by atoms with E-state index in [4.69, 9.17) is 9.47 Å². The lowest BCUT2D eigenvalue weighted by Gasteiger charge is -2.72. The summed E-state index contributed by atoms with van der Waals surface area (Å²) in [4.78, 5) is 0. The first-order chi connectivity index (χ1) is 19.8. The molecule has 4 aliphatic carbocycles. The van der Waals surface area contributed by atoms with Gasteiger partial charge in [0.2, 0.25) is 0 Å². The van der Waals surface area contributed by atoms with Crippen LogP contribution in [0.4, 0.5) is 0 Å². The monoisotopic (exact) mass is 608 g/mol. The Bertz CT molecular complexity index is 1050. The number of aliphatic hydroxyl groups excluding tert-OH is 5. The van der Waals surface area contributed by atoms with E-state index in [0.29, 0.717) is 25.7 Å². The van der Waals surface area contributed by atoms with E-state index >= 15 is 0 Å². The van der Waals surface area contributed by atoms with Crippen LogP contribution < -0.4 is 0 Å². The van der Waals surface area contributed by atoms with Gasteiger partial charge >= 0.3 is 0 Å². The zero-order valence-electron chi connectivity index (χ0n) is 27.8. The smallest absolute Gasteiger partial charge is 0.186 e. The molecule has 6 N–H and O–H groups in total. The Kier molecular flexibility index (Phi) is 8.87. The van der Waals surface area contributed by atoms with Crippen LogP contribution in [0.15, 0.2) is 11.6 Å². The number of rotatable bonds is 6. The second-order valence-corrected chi connectivity index (χ2v) is 17.0. The summed E-state index contributed by atoms with van der Waals surface area (Å²) >= 11 is 0. The molecule has 0 spiro atoms. The summed E-state index contributed by atoms with van der Waals surface area (Å²) in [5, 5.41) is 66.6. The first kappa shape index (κ1) is 33.8. The molecule has 248 valence electrons. The van der Waals surface area contributed by atoms with Gasteiger partial charge in [-0.1, -0.05) is 46.3 Å². The van der Waals surface area contributed by atoms with Crippen LogP contribution in [0, 0.1) is 45.3 Å². The highest BCUT2D eigenvalue weighted by Crippen LogP contribution is 2.76. The van der Waals surface area contributed by atoms with Crippen molar-refractivity contribution in [3.05, 3.63) is 11.6 Å². The molecule has 1 saturated heterocycles. The van der Waals surface area contributed by atoms with Gasteiger partial charge in [0.1, 0.15) is 18.3 Å². The Morgan fingerprint density at radius 1 is 0.930 bits per heavy atom. The summed E-state index contributed by atoms with van der Waals surface area (Å²) < 4.78 is 12.5. The third-order valence-corrected chi connectivity index (χ3v) is 14.0. The topological polar surface area (TPSA) is 140 Å². The summed E-state index contributed by atoms with van der Waals surface area (Å²) in [7, 11) is 0. The Balaban J connectivity index is 1.53. The van der Waals surface area contributed by atoms with E-state index in [1.807, 2.05) is 6.92 Å². The highest BCUT2D eigenvalue weighted by molar-refractivity contribution is 5.22.